The van der Waals surface area contributed by atoms with E-state index in [4.69, 9.17) is 23.2 Å². The van der Waals surface area contributed by atoms with Gasteiger partial charge in [-0.1, -0.05) is 29.3 Å². The molecule has 1 aliphatic heterocycles. The molecule has 0 bridgehead atoms. The van der Waals surface area contributed by atoms with E-state index in [0.717, 1.165) is 9.80 Å². The number of nitrogens with zero attached hydrogens (tertiary/aromatic N) is 4. The van der Waals surface area contributed by atoms with Gasteiger partial charge in [0.2, 0.25) is 11.8 Å². The van der Waals surface area contributed by atoms with Crippen molar-refractivity contribution in [3.63, 3.8) is 0 Å². The number of carbonyl (C=O) groups is 3. The maximum absolute atomic E-state index is 12.9. The third-order valence-corrected chi connectivity index (χ3v) is 5.45. The van der Waals surface area contributed by atoms with E-state index < -0.39 is 34.6 Å². The van der Waals surface area contributed by atoms with Gasteiger partial charge in [0.1, 0.15) is 0 Å². The summed E-state index contributed by atoms with van der Waals surface area (Å²) in [7, 11) is 2.40. The van der Waals surface area contributed by atoms with Gasteiger partial charge >= 0.3 is 6.03 Å². The summed E-state index contributed by atoms with van der Waals surface area (Å²) in [6.45, 7) is 0. The molecule has 1 aromatic rings. The van der Waals surface area contributed by atoms with E-state index in [9.17, 15) is 24.9 Å². The van der Waals surface area contributed by atoms with Crippen LogP contribution in [0.15, 0.2) is 18.2 Å². The summed E-state index contributed by atoms with van der Waals surface area (Å²) in [5.74, 6) is -2.88. The molecule has 3 rings (SSSR count). The Morgan fingerprint density at radius 2 is 1.56 bits per heavy atom. The lowest BCUT2D eigenvalue weighted by Crippen LogP contribution is -2.59. The van der Waals surface area contributed by atoms with E-state index in [-0.39, 0.29) is 10.6 Å². The fourth-order valence-electron chi connectivity index (χ4n) is 3.61. The fourth-order valence-corrected chi connectivity index (χ4v) is 4.13. The van der Waals surface area contributed by atoms with Crippen molar-refractivity contribution in [3.8, 4) is 12.1 Å². The van der Waals surface area contributed by atoms with Crippen LogP contribution in [0.25, 0.3) is 0 Å². The summed E-state index contributed by atoms with van der Waals surface area (Å²) >= 11 is 12.1. The molecule has 0 aromatic heterocycles. The fraction of sp³-hybridized carbons (Fsp3) is 0.312. The predicted molar refractivity (Wildman–Crippen MR) is 86.2 cm³/mol. The van der Waals surface area contributed by atoms with Gasteiger partial charge in [0.05, 0.1) is 12.1 Å². The number of rotatable bonds is 1. The van der Waals surface area contributed by atoms with Crippen LogP contribution in [0.5, 0.6) is 0 Å². The Hall–Kier alpha value is -2.61. The van der Waals surface area contributed by atoms with Crippen LogP contribution in [-0.2, 0) is 9.59 Å². The highest BCUT2D eigenvalue weighted by Gasteiger charge is 2.89. The zero-order valence-corrected chi connectivity index (χ0v) is 14.6. The van der Waals surface area contributed by atoms with E-state index in [1.807, 2.05) is 12.1 Å². The number of nitriles is 2. The smallest absolute Gasteiger partial charge is 0.273 e. The molecule has 1 saturated carbocycles. The minimum Gasteiger partial charge on any atom is -0.273 e. The van der Waals surface area contributed by atoms with Gasteiger partial charge in [0, 0.05) is 30.1 Å². The van der Waals surface area contributed by atoms with Crippen LogP contribution in [0.1, 0.15) is 11.5 Å². The number of urea groups is 1. The molecule has 4 amide bonds. The van der Waals surface area contributed by atoms with Crippen molar-refractivity contribution in [3.05, 3.63) is 33.8 Å². The molecule has 2 fully saturated rings. The lowest BCUT2D eigenvalue weighted by atomic mass is 9.90. The second-order valence-corrected chi connectivity index (χ2v) is 6.79. The number of amides is 4. The Morgan fingerprint density at radius 3 is 2.00 bits per heavy atom. The van der Waals surface area contributed by atoms with Gasteiger partial charge < -0.3 is 0 Å². The van der Waals surface area contributed by atoms with Gasteiger partial charge in [-0.25, -0.2) is 4.79 Å². The first-order chi connectivity index (χ1) is 11.7. The van der Waals surface area contributed by atoms with Crippen LogP contribution in [0.3, 0.4) is 0 Å². The average Bonchev–Trinajstić information content (AvgIpc) is 3.21. The average molecular weight is 377 g/mol. The summed E-state index contributed by atoms with van der Waals surface area (Å²) in [5, 5.41) is 19.8. The van der Waals surface area contributed by atoms with Gasteiger partial charge in [0.15, 0.2) is 10.8 Å². The summed E-state index contributed by atoms with van der Waals surface area (Å²) in [4.78, 5) is 39.2. The van der Waals surface area contributed by atoms with Gasteiger partial charge in [-0.15, -0.1) is 0 Å². The zero-order chi connectivity index (χ0) is 18.7. The second kappa shape index (κ2) is 5.19. The van der Waals surface area contributed by atoms with Crippen molar-refractivity contribution >= 4 is 41.0 Å². The molecular weight excluding hydrogens is 367 g/mol. The first-order valence-corrected chi connectivity index (χ1v) is 7.84. The molecule has 9 heteroatoms. The van der Waals surface area contributed by atoms with Crippen molar-refractivity contribution in [1.82, 2.24) is 9.80 Å². The maximum Gasteiger partial charge on any atom is 0.332 e. The Labute approximate surface area is 152 Å². The molecular formula is C16H10Cl2N4O3. The molecule has 1 saturated heterocycles. The molecule has 1 aromatic carbocycles. The van der Waals surface area contributed by atoms with Crippen LogP contribution in [0.2, 0.25) is 10.0 Å². The SMILES string of the molecule is CN1C(=O)N(C)C(=O)C2(C1=O)C(c1ccc(Cl)cc1Cl)C2(C#N)C#N. The number of carbonyl (C=O) groups excluding carboxylic acids is 3. The third-order valence-electron chi connectivity index (χ3n) is 4.89. The monoisotopic (exact) mass is 376 g/mol. The quantitative estimate of drug-likeness (QED) is 0.698. The standard InChI is InChI=1S/C16H10Cl2N4O3/c1-21-12(23)16(13(24)22(2)14(21)25)11(15(16,6-19)7-20)9-4-3-8(17)5-10(9)18/h3-5,11H,1-2H3. The zero-order valence-electron chi connectivity index (χ0n) is 13.1. The molecule has 0 N–H and O–H groups in total. The van der Waals surface area contributed by atoms with Crippen LogP contribution < -0.4 is 0 Å². The molecule has 1 aliphatic carbocycles. The summed E-state index contributed by atoms with van der Waals surface area (Å²) in [5.41, 5.74) is -3.68. The number of barbiturate groups is 1. The summed E-state index contributed by atoms with van der Waals surface area (Å²) in [6, 6.07) is 7.17. The normalized spacial score (nSPS) is 23.4. The molecule has 25 heavy (non-hydrogen) atoms. The second-order valence-electron chi connectivity index (χ2n) is 5.95. The summed E-state index contributed by atoms with van der Waals surface area (Å²) in [6.07, 6.45) is 0. The lowest BCUT2D eigenvalue weighted by molar-refractivity contribution is -0.151. The Morgan fingerprint density at radius 1 is 1.04 bits per heavy atom. The van der Waals surface area contributed by atoms with Gasteiger partial charge in [0.25, 0.3) is 0 Å². The molecule has 1 atom stereocenters. The lowest BCUT2D eigenvalue weighted by Gasteiger charge is -2.34. The topological polar surface area (TPSA) is 105 Å². The van der Waals surface area contributed by atoms with E-state index in [0.29, 0.717) is 5.02 Å². The minimum absolute atomic E-state index is 0.132. The van der Waals surface area contributed by atoms with Crippen molar-refractivity contribution in [2.75, 3.05) is 14.1 Å². The Bertz CT molecular complexity index is 892. The van der Waals surface area contributed by atoms with E-state index in [2.05, 4.69) is 0 Å². The molecule has 7 nitrogen and oxygen atoms in total. The minimum atomic E-state index is -2.01. The highest BCUT2D eigenvalue weighted by atomic mass is 35.5. The van der Waals surface area contributed by atoms with Crippen molar-refractivity contribution in [2.24, 2.45) is 10.8 Å². The largest absolute Gasteiger partial charge is 0.332 e. The highest BCUT2D eigenvalue weighted by molar-refractivity contribution is 6.35. The molecule has 126 valence electrons. The van der Waals surface area contributed by atoms with Gasteiger partial charge in [-0.3, -0.25) is 19.4 Å². The van der Waals surface area contributed by atoms with Gasteiger partial charge in [-0.05, 0) is 17.7 Å². The van der Waals surface area contributed by atoms with Crippen molar-refractivity contribution in [1.29, 1.82) is 10.5 Å². The van der Waals surface area contributed by atoms with Crippen LogP contribution >= 0.6 is 23.2 Å². The Balaban J connectivity index is 2.28. The number of benzene rings is 1. The Kier molecular flexibility index (Phi) is 3.58. The molecule has 1 unspecified atom stereocenters. The van der Waals surface area contributed by atoms with Crippen molar-refractivity contribution in [2.45, 2.75) is 5.92 Å². The number of halogens is 2. The third kappa shape index (κ3) is 1.77. The first-order valence-electron chi connectivity index (χ1n) is 7.08. The number of hydrogen-bond donors (Lipinski definition) is 0. The molecule has 0 radical (unpaired) electrons. The van der Waals surface area contributed by atoms with Gasteiger partial charge in [-0.2, -0.15) is 10.5 Å². The predicted octanol–water partition coefficient (Wildman–Crippen LogP) is 2.16. The van der Waals surface area contributed by atoms with Crippen LogP contribution in [-0.4, -0.2) is 41.7 Å². The maximum atomic E-state index is 12.9. The number of hydrogen-bond acceptors (Lipinski definition) is 5. The van der Waals surface area contributed by atoms with E-state index >= 15 is 0 Å². The van der Waals surface area contributed by atoms with Crippen molar-refractivity contribution < 1.29 is 14.4 Å². The highest BCUT2D eigenvalue weighted by Crippen LogP contribution is 2.76. The van der Waals surface area contributed by atoms with E-state index in [1.54, 1.807) is 0 Å². The molecule has 1 spiro atoms. The van der Waals surface area contributed by atoms with E-state index in [1.165, 1.54) is 32.3 Å². The molecule has 1 heterocycles. The summed E-state index contributed by atoms with van der Waals surface area (Å²) < 4.78 is 0. The van der Waals surface area contributed by atoms with Crippen LogP contribution in [0, 0.1) is 33.5 Å². The first kappa shape index (κ1) is 17.2. The number of imide groups is 2. The van der Waals surface area contributed by atoms with Crippen LogP contribution in [0.4, 0.5) is 4.79 Å². The molecule has 2 aliphatic rings.